The summed E-state index contributed by atoms with van der Waals surface area (Å²) in [7, 11) is 0. The molecule has 1 heterocycles. The third-order valence-corrected chi connectivity index (χ3v) is 7.91. The summed E-state index contributed by atoms with van der Waals surface area (Å²) in [5, 5.41) is 2.46. The van der Waals surface area contributed by atoms with Gasteiger partial charge in [0.25, 0.3) is 0 Å². The predicted octanol–water partition coefficient (Wildman–Crippen LogP) is 5.21. The van der Waals surface area contributed by atoms with Crippen molar-refractivity contribution in [3.63, 3.8) is 0 Å². The number of hydrogen-bond donors (Lipinski definition) is 0. The first-order valence-corrected chi connectivity index (χ1v) is 11.8. The van der Waals surface area contributed by atoms with Crippen LogP contribution in [0.4, 0.5) is 5.69 Å². The zero-order chi connectivity index (χ0) is 20.8. The number of Topliss-reactive ketones (excluding diaryl/α,β-unsaturated/α-hetero) is 1. The summed E-state index contributed by atoms with van der Waals surface area (Å²) < 4.78 is 0. The van der Waals surface area contributed by atoms with Crippen molar-refractivity contribution >= 4 is 22.2 Å². The standard InChI is InChI=1S/C28H30N2O/c31-26-19-21-11-12-25(23-9-4-10-24(26)27(21)23)30-16-6-15-29(17-18-30)20-28(13-5-14-28)22-7-2-1-3-8-22/h1-4,7-12H,5-6,13-20H2. The molecule has 0 spiro atoms. The quantitative estimate of drug-likeness (QED) is 0.590. The van der Waals surface area contributed by atoms with E-state index in [-0.39, 0.29) is 5.78 Å². The molecule has 0 radical (unpaired) electrons. The zero-order valence-electron chi connectivity index (χ0n) is 18.1. The lowest BCUT2D eigenvalue weighted by molar-refractivity contribution is 0.1000. The molecule has 1 aliphatic heterocycles. The van der Waals surface area contributed by atoms with E-state index in [2.05, 4.69) is 64.4 Å². The Morgan fingerprint density at radius 2 is 1.68 bits per heavy atom. The van der Waals surface area contributed by atoms with Crippen molar-refractivity contribution in [3.8, 4) is 0 Å². The average Bonchev–Trinajstić information content (AvgIpc) is 2.95. The van der Waals surface area contributed by atoms with Crippen LogP contribution in [0.2, 0.25) is 0 Å². The van der Waals surface area contributed by atoms with Crippen LogP contribution >= 0.6 is 0 Å². The van der Waals surface area contributed by atoms with E-state index >= 15 is 0 Å². The van der Waals surface area contributed by atoms with Crippen molar-refractivity contribution in [1.82, 2.24) is 4.90 Å². The molecule has 1 saturated carbocycles. The first-order chi connectivity index (χ1) is 15.2. The normalized spacial score (nSPS) is 20.6. The molecule has 6 rings (SSSR count). The minimum absolute atomic E-state index is 0.270. The molecule has 0 atom stereocenters. The van der Waals surface area contributed by atoms with Crippen LogP contribution in [-0.2, 0) is 11.8 Å². The fourth-order valence-electron chi connectivity index (χ4n) is 6.12. The molecule has 0 aromatic heterocycles. The Morgan fingerprint density at radius 3 is 2.48 bits per heavy atom. The topological polar surface area (TPSA) is 23.6 Å². The van der Waals surface area contributed by atoms with Crippen molar-refractivity contribution in [2.24, 2.45) is 0 Å². The van der Waals surface area contributed by atoms with E-state index in [1.807, 2.05) is 6.07 Å². The summed E-state index contributed by atoms with van der Waals surface area (Å²) in [6.07, 6.45) is 5.74. The molecule has 3 aliphatic rings. The van der Waals surface area contributed by atoms with Crippen molar-refractivity contribution in [3.05, 3.63) is 77.4 Å². The summed E-state index contributed by atoms with van der Waals surface area (Å²) in [6.45, 7) is 5.60. The minimum Gasteiger partial charge on any atom is -0.370 e. The highest BCUT2D eigenvalue weighted by Gasteiger charge is 2.40. The van der Waals surface area contributed by atoms with Crippen LogP contribution in [-0.4, -0.2) is 43.4 Å². The number of ketones is 1. The largest absolute Gasteiger partial charge is 0.370 e. The second kappa shape index (κ2) is 7.49. The van der Waals surface area contributed by atoms with Gasteiger partial charge in [0.05, 0.1) is 0 Å². The highest BCUT2D eigenvalue weighted by Crippen LogP contribution is 2.44. The lowest BCUT2D eigenvalue weighted by Gasteiger charge is -2.45. The first kappa shape index (κ1) is 19.1. The van der Waals surface area contributed by atoms with Crippen LogP contribution in [0.5, 0.6) is 0 Å². The van der Waals surface area contributed by atoms with Gasteiger partial charge in [-0.1, -0.05) is 61.0 Å². The Kier molecular flexibility index (Phi) is 4.61. The molecule has 1 saturated heterocycles. The molecule has 0 amide bonds. The van der Waals surface area contributed by atoms with Crippen molar-refractivity contribution < 1.29 is 4.79 Å². The molecule has 3 aromatic rings. The Balaban J connectivity index is 1.23. The smallest absolute Gasteiger partial charge is 0.167 e. The van der Waals surface area contributed by atoms with Crippen LogP contribution in [0.3, 0.4) is 0 Å². The monoisotopic (exact) mass is 410 g/mol. The van der Waals surface area contributed by atoms with Gasteiger partial charge in [-0.25, -0.2) is 0 Å². The maximum atomic E-state index is 12.4. The number of hydrogen-bond acceptors (Lipinski definition) is 3. The highest BCUT2D eigenvalue weighted by molar-refractivity contribution is 6.17. The second-order valence-corrected chi connectivity index (χ2v) is 9.69. The molecule has 0 N–H and O–H groups in total. The molecule has 2 fully saturated rings. The van der Waals surface area contributed by atoms with Crippen molar-refractivity contribution in [1.29, 1.82) is 0 Å². The molecular weight excluding hydrogens is 380 g/mol. The number of rotatable bonds is 4. The van der Waals surface area contributed by atoms with Crippen LogP contribution in [0.25, 0.3) is 10.8 Å². The zero-order valence-corrected chi connectivity index (χ0v) is 18.1. The third kappa shape index (κ3) is 3.18. The fraction of sp³-hybridized carbons (Fsp3) is 0.393. The molecule has 31 heavy (non-hydrogen) atoms. The van der Waals surface area contributed by atoms with E-state index in [1.54, 1.807) is 0 Å². The molecule has 0 bridgehead atoms. The van der Waals surface area contributed by atoms with Crippen LogP contribution in [0, 0.1) is 0 Å². The number of benzene rings is 3. The summed E-state index contributed by atoms with van der Waals surface area (Å²) in [4.78, 5) is 17.7. The molecule has 158 valence electrons. The van der Waals surface area contributed by atoms with Gasteiger partial charge in [0.15, 0.2) is 5.78 Å². The molecule has 3 nitrogen and oxygen atoms in total. The highest BCUT2D eigenvalue weighted by atomic mass is 16.1. The van der Waals surface area contributed by atoms with E-state index in [0.717, 1.165) is 25.2 Å². The molecule has 3 heteroatoms. The third-order valence-electron chi connectivity index (χ3n) is 7.91. The molecule has 0 unspecified atom stereocenters. The summed E-state index contributed by atoms with van der Waals surface area (Å²) in [5.74, 6) is 0.270. The Labute approximate surface area is 184 Å². The SMILES string of the molecule is O=C1Cc2ccc(N3CCCN(CC4(c5ccccc5)CCC4)CC3)c3cccc1c23. The Bertz CT molecular complexity index is 1130. The van der Waals surface area contributed by atoms with Gasteiger partial charge >= 0.3 is 0 Å². The summed E-state index contributed by atoms with van der Waals surface area (Å²) in [6, 6.07) is 21.9. The van der Waals surface area contributed by atoms with Gasteiger partial charge in [-0.15, -0.1) is 0 Å². The molecule has 2 aliphatic carbocycles. The van der Waals surface area contributed by atoms with E-state index in [9.17, 15) is 4.79 Å². The predicted molar refractivity (Wildman–Crippen MR) is 127 cm³/mol. The average molecular weight is 411 g/mol. The molecular formula is C28H30N2O. The van der Waals surface area contributed by atoms with Gasteiger partial charge in [-0.3, -0.25) is 4.79 Å². The van der Waals surface area contributed by atoms with E-state index in [1.165, 1.54) is 66.4 Å². The van der Waals surface area contributed by atoms with Gasteiger partial charge in [0.1, 0.15) is 0 Å². The van der Waals surface area contributed by atoms with Gasteiger partial charge < -0.3 is 9.80 Å². The lowest BCUT2D eigenvalue weighted by Crippen LogP contribution is -2.46. The van der Waals surface area contributed by atoms with Gasteiger partial charge in [0, 0.05) is 54.7 Å². The van der Waals surface area contributed by atoms with E-state index in [0.29, 0.717) is 11.8 Å². The fourth-order valence-corrected chi connectivity index (χ4v) is 6.12. The molecule has 3 aromatic carbocycles. The Morgan fingerprint density at radius 1 is 0.806 bits per heavy atom. The summed E-state index contributed by atoms with van der Waals surface area (Å²) >= 11 is 0. The number of carbonyl (C=O) groups excluding carboxylic acids is 1. The first-order valence-electron chi connectivity index (χ1n) is 11.8. The van der Waals surface area contributed by atoms with Crippen molar-refractivity contribution in [2.45, 2.75) is 37.5 Å². The van der Waals surface area contributed by atoms with Gasteiger partial charge in [-0.05, 0) is 48.4 Å². The van der Waals surface area contributed by atoms with Crippen LogP contribution < -0.4 is 4.90 Å². The van der Waals surface area contributed by atoms with Crippen molar-refractivity contribution in [2.75, 3.05) is 37.6 Å². The Hall–Kier alpha value is -2.65. The maximum Gasteiger partial charge on any atom is 0.167 e. The minimum atomic E-state index is 0.270. The van der Waals surface area contributed by atoms with Gasteiger partial charge in [0.2, 0.25) is 0 Å². The van der Waals surface area contributed by atoms with Crippen LogP contribution in [0.1, 0.15) is 47.2 Å². The lowest BCUT2D eigenvalue weighted by atomic mass is 9.64. The van der Waals surface area contributed by atoms with Gasteiger partial charge in [-0.2, -0.15) is 0 Å². The number of anilines is 1. The van der Waals surface area contributed by atoms with E-state index in [4.69, 9.17) is 0 Å². The number of carbonyl (C=O) groups is 1. The maximum absolute atomic E-state index is 12.4. The number of nitrogens with zero attached hydrogens (tertiary/aromatic N) is 2. The van der Waals surface area contributed by atoms with Crippen LogP contribution in [0.15, 0.2) is 60.7 Å². The van der Waals surface area contributed by atoms with E-state index < -0.39 is 0 Å². The summed E-state index contributed by atoms with van der Waals surface area (Å²) in [5.41, 5.74) is 5.31. The second-order valence-electron chi connectivity index (χ2n) is 9.69.